The molecule has 3 aromatic carbocycles. The molecule has 0 saturated carbocycles. The highest BCUT2D eigenvalue weighted by atomic mass is 16.5. The summed E-state index contributed by atoms with van der Waals surface area (Å²) in [5.74, 6) is 1.27. The minimum atomic E-state index is -0.202. The molecule has 1 N–H and O–H groups in total. The van der Waals surface area contributed by atoms with E-state index in [-0.39, 0.29) is 12.5 Å². The smallest absolute Gasteiger partial charge is 0.262 e. The van der Waals surface area contributed by atoms with Gasteiger partial charge in [0, 0.05) is 11.8 Å². The van der Waals surface area contributed by atoms with E-state index in [9.17, 15) is 4.79 Å². The topological polar surface area (TPSA) is 47.6 Å². The minimum Gasteiger partial charge on any atom is -0.494 e. The largest absolute Gasteiger partial charge is 0.494 e. The van der Waals surface area contributed by atoms with E-state index >= 15 is 0 Å². The highest BCUT2D eigenvalue weighted by molar-refractivity contribution is 5.92. The Kier molecular flexibility index (Phi) is 7.28. The van der Waals surface area contributed by atoms with Crippen LogP contribution in [0.5, 0.6) is 11.5 Å². The molecule has 0 aliphatic rings. The second-order valence-corrected chi connectivity index (χ2v) is 7.07. The van der Waals surface area contributed by atoms with Gasteiger partial charge in [-0.1, -0.05) is 48.5 Å². The van der Waals surface area contributed by atoms with Crippen molar-refractivity contribution in [3.8, 4) is 11.5 Å². The number of amides is 1. The molecule has 0 unspecified atom stereocenters. The first kappa shape index (κ1) is 20.5. The number of anilines is 1. The zero-order valence-electron chi connectivity index (χ0n) is 17.0. The van der Waals surface area contributed by atoms with Crippen molar-refractivity contribution in [3.05, 3.63) is 89.5 Å². The molecule has 150 valence electrons. The molecule has 29 heavy (non-hydrogen) atoms. The van der Waals surface area contributed by atoms with Crippen LogP contribution >= 0.6 is 0 Å². The van der Waals surface area contributed by atoms with Crippen LogP contribution in [0.2, 0.25) is 0 Å². The highest BCUT2D eigenvalue weighted by Gasteiger charge is 2.07. The summed E-state index contributed by atoms with van der Waals surface area (Å²) < 4.78 is 11.5. The maximum Gasteiger partial charge on any atom is 0.262 e. The molecule has 0 fully saturated rings. The van der Waals surface area contributed by atoms with Crippen molar-refractivity contribution >= 4 is 11.6 Å². The summed E-state index contributed by atoms with van der Waals surface area (Å²) in [6, 6.07) is 23.7. The van der Waals surface area contributed by atoms with E-state index in [2.05, 4.69) is 17.4 Å². The molecule has 3 rings (SSSR count). The number of rotatable bonds is 9. The van der Waals surface area contributed by atoms with Crippen molar-refractivity contribution in [2.75, 3.05) is 18.5 Å². The SMILES string of the molecule is Cc1ccc(C)c(OCC(=O)Nc2cccc(OCCCc3ccccc3)c2)c1. The van der Waals surface area contributed by atoms with Crippen LogP contribution in [0.15, 0.2) is 72.8 Å². The van der Waals surface area contributed by atoms with Gasteiger partial charge in [-0.25, -0.2) is 0 Å². The molecule has 0 heterocycles. The number of hydrogen-bond acceptors (Lipinski definition) is 3. The minimum absolute atomic E-state index is 0.0353. The number of benzene rings is 3. The Hall–Kier alpha value is -3.27. The second-order valence-electron chi connectivity index (χ2n) is 7.07. The average molecular weight is 389 g/mol. The number of carbonyl (C=O) groups is 1. The van der Waals surface area contributed by atoms with Gasteiger partial charge in [-0.2, -0.15) is 0 Å². The molecule has 0 bridgehead atoms. The molecule has 0 aliphatic carbocycles. The Morgan fingerprint density at radius 2 is 1.72 bits per heavy atom. The lowest BCUT2D eigenvalue weighted by Gasteiger charge is -2.11. The average Bonchev–Trinajstić information content (AvgIpc) is 2.73. The molecular formula is C25H27NO3. The van der Waals surface area contributed by atoms with Crippen molar-refractivity contribution in [2.45, 2.75) is 26.7 Å². The van der Waals surface area contributed by atoms with Crippen molar-refractivity contribution < 1.29 is 14.3 Å². The van der Waals surface area contributed by atoms with Gasteiger partial charge in [0.25, 0.3) is 5.91 Å². The van der Waals surface area contributed by atoms with E-state index in [1.165, 1.54) is 5.56 Å². The summed E-state index contributed by atoms with van der Waals surface area (Å²) in [6.45, 7) is 4.55. The van der Waals surface area contributed by atoms with Crippen LogP contribution in [-0.4, -0.2) is 19.1 Å². The molecule has 0 spiro atoms. The molecule has 4 nitrogen and oxygen atoms in total. The summed E-state index contributed by atoms with van der Waals surface area (Å²) in [6.07, 6.45) is 1.91. The first-order valence-electron chi connectivity index (χ1n) is 9.87. The number of nitrogens with one attached hydrogen (secondary N) is 1. The van der Waals surface area contributed by atoms with Gasteiger partial charge in [0.2, 0.25) is 0 Å². The zero-order valence-corrected chi connectivity index (χ0v) is 17.0. The van der Waals surface area contributed by atoms with Gasteiger partial charge < -0.3 is 14.8 Å². The monoisotopic (exact) mass is 389 g/mol. The third-order valence-electron chi connectivity index (χ3n) is 4.54. The van der Waals surface area contributed by atoms with Gasteiger partial charge in [-0.15, -0.1) is 0 Å². The van der Waals surface area contributed by atoms with E-state index in [1.807, 2.05) is 74.5 Å². The number of carbonyl (C=O) groups excluding carboxylic acids is 1. The number of ether oxygens (including phenoxy) is 2. The fourth-order valence-corrected chi connectivity index (χ4v) is 2.98. The molecule has 0 atom stereocenters. The van der Waals surface area contributed by atoms with Crippen molar-refractivity contribution in [3.63, 3.8) is 0 Å². The van der Waals surface area contributed by atoms with E-state index in [4.69, 9.17) is 9.47 Å². The lowest BCUT2D eigenvalue weighted by molar-refractivity contribution is -0.118. The Balaban J connectivity index is 1.45. The standard InChI is InChI=1S/C25H27NO3/c1-19-13-14-20(2)24(16-19)29-18-25(27)26-22-11-6-12-23(17-22)28-15-7-10-21-8-4-3-5-9-21/h3-6,8-9,11-14,16-17H,7,10,15,18H2,1-2H3,(H,26,27). The van der Waals surface area contributed by atoms with Gasteiger partial charge in [0.1, 0.15) is 11.5 Å². The molecular weight excluding hydrogens is 362 g/mol. The second kappa shape index (κ2) is 10.3. The maximum absolute atomic E-state index is 12.2. The Morgan fingerprint density at radius 1 is 0.897 bits per heavy atom. The van der Waals surface area contributed by atoms with Crippen LogP contribution in [0.1, 0.15) is 23.1 Å². The quantitative estimate of drug-likeness (QED) is 0.503. The molecule has 4 heteroatoms. The predicted molar refractivity (Wildman–Crippen MR) is 117 cm³/mol. The first-order chi connectivity index (χ1) is 14.1. The van der Waals surface area contributed by atoms with E-state index in [0.717, 1.165) is 35.5 Å². The molecule has 1 amide bonds. The number of aryl methyl sites for hydroxylation is 3. The molecule has 0 radical (unpaired) electrons. The zero-order chi connectivity index (χ0) is 20.5. The predicted octanol–water partition coefficient (Wildman–Crippen LogP) is 5.33. The Bertz CT molecular complexity index is 938. The van der Waals surface area contributed by atoms with Crippen LogP contribution < -0.4 is 14.8 Å². The van der Waals surface area contributed by atoms with Gasteiger partial charge in [-0.05, 0) is 61.6 Å². The molecule has 0 aromatic heterocycles. The summed E-state index contributed by atoms with van der Waals surface area (Å²) in [5.41, 5.74) is 4.11. The van der Waals surface area contributed by atoms with E-state index < -0.39 is 0 Å². The Labute approximate surface area is 172 Å². The molecule has 3 aromatic rings. The molecule has 0 aliphatic heterocycles. The van der Waals surface area contributed by atoms with Crippen molar-refractivity contribution in [1.29, 1.82) is 0 Å². The van der Waals surface area contributed by atoms with Crippen molar-refractivity contribution in [1.82, 2.24) is 0 Å². The summed E-state index contributed by atoms with van der Waals surface area (Å²) in [4.78, 5) is 12.2. The van der Waals surface area contributed by atoms with E-state index in [1.54, 1.807) is 0 Å². The lowest BCUT2D eigenvalue weighted by Crippen LogP contribution is -2.20. The van der Waals surface area contributed by atoms with Crippen LogP contribution in [-0.2, 0) is 11.2 Å². The summed E-state index contributed by atoms with van der Waals surface area (Å²) in [7, 11) is 0. The van der Waals surface area contributed by atoms with Crippen molar-refractivity contribution in [2.24, 2.45) is 0 Å². The maximum atomic E-state index is 12.2. The van der Waals surface area contributed by atoms with Gasteiger partial charge in [0.05, 0.1) is 6.61 Å². The highest BCUT2D eigenvalue weighted by Crippen LogP contribution is 2.20. The summed E-state index contributed by atoms with van der Waals surface area (Å²) in [5, 5.41) is 2.86. The first-order valence-corrected chi connectivity index (χ1v) is 9.87. The van der Waals surface area contributed by atoms with Gasteiger partial charge >= 0.3 is 0 Å². The van der Waals surface area contributed by atoms with Crippen LogP contribution in [0.3, 0.4) is 0 Å². The van der Waals surface area contributed by atoms with Crippen LogP contribution in [0.4, 0.5) is 5.69 Å². The number of hydrogen-bond donors (Lipinski definition) is 1. The fourth-order valence-electron chi connectivity index (χ4n) is 2.98. The van der Waals surface area contributed by atoms with Gasteiger partial charge in [-0.3, -0.25) is 4.79 Å². The van der Waals surface area contributed by atoms with Crippen LogP contribution in [0, 0.1) is 13.8 Å². The fraction of sp³-hybridized carbons (Fsp3) is 0.240. The third kappa shape index (κ3) is 6.68. The van der Waals surface area contributed by atoms with E-state index in [0.29, 0.717) is 12.3 Å². The summed E-state index contributed by atoms with van der Waals surface area (Å²) >= 11 is 0. The van der Waals surface area contributed by atoms with Gasteiger partial charge in [0.15, 0.2) is 6.61 Å². The lowest BCUT2D eigenvalue weighted by atomic mass is 10.1. The van der Waals surface area contributed by atoms with Crippen LogP contribution in [0.25, 0.3) is 0 Å². The molecule has 0 saturated heterocycles. The normalized spacial score (nSPS) is 10.4. The Morgan fingerprint density at radius 3 is 2.55 bits per heavy atom. The third-order valence-corrected chi connectivity index (χ3v) is 4.54.